The van der Waals surface area contributed by atoms with E-state index in [-0.39, 0.29) is 0 Å². The Hall–Kier alpha value is -0.210. The predicted molar refractivity (Wildman–Crippen MR) is 63.3 cm³/mol. The third-order valence-electron chi connectivity index (χ3n) is 2.28. The van der Waals surface area contributed by atoms with Crippen LogP contribution in [0.3, 0.4) is 0 Å². The molecule has 0 heterocycles. The number of benzene rings is 1. The van der Waals surface area contributed by atoms with Gasteiger partial charge in [0, 0.05) is 9.37 Å². The topological polar surface area (TPSA) is 0 Å². The van der Waals surface area contributed by atoms with E-state index in [1.165, 1.54) is 26.1 Å². The molecule has 2 heteroatoms. The fourth-order valence-electron chi connectivity index (χ4n) is 1.67. The van der Waals surface area contributed by atoms with Crippen LogP contribution in [0.25, 0.3) is 6.08 Å². The van der Waals surface area contributed by atoms with Gasteiger partial charge in [0.1, 0.15) is 0 Å². The second kappa shape index (κ2) is 3.50. The highest BCUT2D eigenvalue weighted by Gasteiger charge is 2.13. The molecule has 0 N–H and O–H groups in total. The molecule has 0 spiro atoms. The van der Waals surface area contributed by atoms with Crippen molar-refractivity contribution >= 4 is 33.8 Å². The van der Waals surface area contributed by atoms with E-state index >= 15 is 0 Å². The molecule has 1 aromatic rings. The van der Waals surface area contributed by atoms with E-state index in [2.05, 4.69) is 47.3 Å². The van der Waals surface area contributed by atoms with Gasteiger partial charge in [0.25, 0.3) is 0 Å². The van der Waals surface area contributed by atoms with E-state index in [4.69, 9.17) is 0 Å². The first-order valence-corrected chi connectivity index (χ1v) is 6.26. The zero-order chi connectivity index (χ0) is 9.42. The van der Waals surface area contributed by atoms with Crippen LogP contribution in [0.2, 0.25) is 0 Å². The monoisotopic (exact) mass is 254 g/mol. The number of hydrogen-bond donors (Lipinski definition) is 0. The summed E-state index contributed by atoms with van der Waals surface area (Å²) >= 11 is 5.41. The van der Waals surface area contributed by atoms with Crippen molar-refractivity contribution in [2.24, 2.45) is 0 Å². The van der Waals surface area contributed by atoms with Gasteiger partial charge in [-0.3, -0.25) is 0 Å². The van der Waals surface area contributed by atoms with E-state index in [1.54, 1.807) is 11.8 Å². The summed E-state index contributed by atoms with van der Waals surface area (Å²) in [6.45, 7) is 2.19. The molecule has 0 aromatic heterocycles. The molecule has 1 aromatic carbocycles. The van der Waals surface area contributed by atoms with Crippen LogP contribution < -0.4 is 0 Å². The predicted octanol–water partition coefficient (Wildman–Crippen LogP) is 4.13. The van der Waals surface area contributed by atoms with Gasteiger partial charge in [0.15, 0.2) is 0 Å². The van der Waals surface area contributed by atoms with Gasteiger partial charge < -0.3 is 0 Å². The summed E-state index contributed by atoms with van der Waals surface area (Å²) in [7, 11) is 0. The summed E-state index contributed by atoms with van der Waals surface area (Å²) in [5, 5.41) is 0. The van der Waals surface area contributed by atoms with Crippen LogP contribution in [0.4, 0.5) is 0 Å². The van der Waals surface area contributed by atoms with E-state index in [0.717, 1.165) is 6.42 Å². The first-order valence-electron chi connectivity index (χ1n) is 4.24. The summed E-state index contributed by atoms with van der Waals surface area (Å²) in [5.74, 6) is 0. The molecule has 1 aliphatic carbocycles. The highest BCUT2D eigenvalue weighted by Crippen LogP contribution is 2.34. The molecule has 0 aliphatic heterocycles. The third kappa shape index (κ3) is 1.70. The maximum Gasteiger partial charge on any atom is 0.0261 e. The number of hydrogen-bond acceptors (Lipinski definition) is 1. The maximum absolute atomic E-state index is 3.61. The molecule has 0 saturated heterocycles. The molecule has 0 amide bonds. The molecule has 2 rings (SSSR count). The van der Waals surface area contributed by atoms with Gasteiger partial charge in [0.05, 0.1) is 0 Å². The fourth-order valence-corrected chi connectivity index (χ4v) is 2.93. The van der Waals surface area contributed by atoms with Gasteiger partial charge >= 0.3 is 0 Å². The Morgan fingerprint density at radius 3 is 2.85 bits per heavy atom. The number of allylic oxidation sites excluding steroid dienone is 1. The first kappa shape index (κ1) is 9.35. The molecule has 68 valence electrons. The largest absolute Gasteiger partial charge is 0.130 e. The van der Waals surface area contributed by atoms with Crippen molar-refractivity contribution in [1.82, 2.24) is 0 Å². The smallest absolute Gasteiger partial charge is 0.0261 e. The van der Waals surface area contributed by atoms with Gasteiger partial charge in [-0.05, 0) is 42.9 Å². The number of thioether (sulfide) groups is 1. The number of fused-ring (bicyclic) bond motifs is 1. The zero-order valence-corrected chi connectivity index (χ0v) is 10.1. The molecular weight excluding hydrogens is 244 g/mol. The Bertz CT molecular complexity index is 380. The van der Waals surface area contributed by atoms with Gasteiger partial charge in [-0.1, -0.05) is 27.6 Å². The standard InChI is InChI=1S/C11H11BrS/c1-7-3-8-5-9(13-2)6-11(12)10(8)4-7/h4-6H,3H2,1-2H3. The quantitative estimate of drug-likeness (QED) is 0.680. The Labute approximate surface area is 91.6 Å². The summed E-state index contributed by atoms with van der Waals surface area (Å²) in [4.78, 5) is 1.34. The maximum atomic E-state index is 3.61. The van der Waals surface area contributed by atoms with Crippen LogP contribution in [0.15, 0.2) is 27.1 Å². The van der Waals surface area contributed by atoms with Crippen molar-refractivity contribution in [2.45, 2.75) is 18.2 Å². The minimum absolute atomic E-state index is 1.11. The molecule has 0 radical (unpaired) electrons. The van der Waals surface area contributed by atoms with Crippen LogP contribution in [0, 0.1) is 0 Å². The fraction of sp³-hybridized carbons (Fsp3) is 0.273. The van der Waals surface area contributed by atoms with E-state index in [0.29, 0.717) is 0 Å². The Morgan fingerprint density at radius 1 is 1.38 bits per heavy atom. The third-order valence-corrected chi connectivity index (χ3v) is 3.65. The molecule has 0 bridgehead atoms. The van der Waals surface area contributed by atoms with Crippen LogP contribution >= 0.6 is 27.7 Å². The van der Waals surface area contributed by atoms with Crippen molar-refractivity contribution in [1.29, 1.82) is 0 Å². The van der Waals surface area contributed by atoms with E-state index in [1.807, 2.05) is 0 Å². The van der Waals surface area contributed by atoms with Gasteiger partial charge in [-0.15, -0.1) is 11.8 Å². The van der Waals surface area contributed by atoms with Crippen molar-refractivity contribution in [3.05, 3.63) is 33.3 Å². The zero-order valence-electron chi connectivity index (χ0n) is 7.73. The minimum Gasteiger partial charge on any atom is -0.130 e. The second-order valence-corrected chi connectivity index (χ2v) is 5.08. The molecule has 0 fully saturated rings. The van der Waals surface area contributed by atoms with Gasteiger partial charge in [-0.25, -0.2) is 0 Å². The van der Waals surface area contributed by atoms with Gasteiger partial charge in [0.2, 0.25) is 0 Å². The number of rotatable bonds is 1. The SMILES string of the molecule is CSc1cc(Br)c2c(c1)CC(C)=C2. The highest BCUT2D eigenvalue weighted by atomic mass is 79.9. The minimum atomic E-state index is 1.11. The molecule has 1 aliphatic rings. The van der Waals surface area contributed by atoms with E-state index < -0.39 is 0 Å². The molecular formula is C11H11BrS. The van der Waals surface area contributed by atoms with Crippen molar-refractivity contribution in [2.75, 3.05) is 6.26 Å². The molecule has 0 unspecified atom stereocenters. The lowest BCUT2D eigenvalue weighted by molar-refractivity contribution is 1.17. The van der Waals surface area contributed by atoms with Gasteiger partial charge in [-0.2, -0.15) is 0 Å². The van der Waals surface area contributed by atoms with Crippen molar-refractivity contribution in [3.8, 4) is 0 Å². The highest BCUT2D eigenvalue weighted by molar-refractivity contribution is 9.10. The van der Waals surface area contributed by atoms with Crippen molar-refractivity contribution in [3.63, 3.8) is 0 Å². The first-order chi connectivity index (χ1) is 6.20. The van der Waals surface area contributed by atoms with E-state index in [9.17, 15) is 0 Å². The van der Waals surface area contributed by atoms with Crippen LogP contribution in [-0.2, 0) is 6.42 Å². The summed E-state index contributed by atoms with van der Waals surface area (Å²) in [6.07, 6.45) is 5.50. The summed E-state index contributed by atoms with van der Waals surface area (Å²) in [5.41, 5.74) is 4.28. The average molecular weight is 255 g/mol. The summed E-state index contributed by atoms with van der Waals surface area (Å²) in [6, 6.07) is 4.48. The normalized spacial score (nSPS) is 14.2. The lowest BCUT2D eigenvalue weighted by atomic mass is 10.1. The van der Waals surface area contributed by atoms with Crippen LogP contribution in [0.5, 0.6) is 0 Å². The number of halogens is 1. The summed E-state index contributed by atoms with van der Waals surface area (Å²) < 4.78 is 1.23. The molecule has 0 atom stereocenters. The van der Waals surface area contributed by atoms with Crippen LogP contribution in [0.1, 0.15) is 18.1 Å². The second-order valence-electron chi connectivity index (χ2n) is 3.35. The molecule has 0 nitrogen and oxygen atoms in total. The lowest BCUT2D eigenvalue weighted by Crippen LogP contribution is -1.85. The lowest BCUT2D eigenvalue weighted by Gasteiger charge is -2.04. The molecule has 0 saturated carbocycles. The molecule has 13 heavy (non-hydrogen) atoms. The Balaban J connectivity index is 2.53. The van der Waals surface area contributed by atoms with Crippen LogP contribution in [-0.4, -0.2) is 6.26 Å². The Morgan fingerprint density at radius 2 is 2.15 bits per heavy atom. The van der Waals surface area contributed by atoms with Crippen molar-refractivity contribution < 1.29 is 0 Å². The Kier molecular flexibility index (Phi) is 2.52. The average Bonchev–Trinajstić information content (AvgIpc) is 2.46.